The largest absolute Gasteiger partial charge is 0.497 e. The molecular weight excluding hydrogens is 363 g/mol. The summed E-state index contributed by atoms with van der Waals surface area (Å²) in [6.07, 6.45) is 0. The predicted octanol–water partition coefficient (Wildman–Crippen LogP) is 4.14. The Bertz CT molecular complexity index is 940. The maximum atomic E-state index is 12.5. The molecule has 0 radical (unpaired) electrons. The lowest BCUT2D eigenvalue weighted by molar-refractivity contribution is 0.102. The van der Waals surface area contributed by atoms with Gasteiger partial charge in [-0.15, -0.1) is 5.10 Å². The Kier molecular flexibility index (Phi) is 4.92. The number of rotatable bonds is 4. The van der Waals surface area contributed by atoms with Crippen LogP contribution in [0.1, 0.15) is 16.2 Å². The number of nitrogens with one attached hydrogen (secondary N) is 1. The highest BCUT2D eigenvalue weighted by Crippen LogP contribution is 2.25. The van der Waals surface area contributed by atoms with Crippen molar-refractivity contribution < 1.29 is 9.53 Å². The first kappa shape index (κ1) is 17.3. The van der Waals surface area contributed by atoms with Crippen LogP contribution in [0.5, 0.6) is 5.75 Å². The average molecular weight is 377 g/mol. The van der Waals surface area contributed by atoms with Crippen molar-refractivity contribution in [1.29, 1.82) is 0 Å². The Morgan fingerprint density at radius 1 is 1.16 bits per heavy atom. The smallest absolute Gasteiger partial charge is 0.278 e. The Balaban J connectivity index is 1.87. The van der Waals surface area contributed by atoms with Crippen LogP contribution < -0.4 is 10.1 Å². The molecule has 0 aliphatic carbocycles. The predicted molar refractivity (Wildman–Crippen MR) is 97.1 cm³/mol. The van der Waals surface area contributed by atoms with Gasteiger partial charge in [0.25, 0.3) is 5.91 Å². The van der Waals surface area contributed by atoms with Crippen LogP contribution in [0.15, 0.2) is 42.5 Å². The summed E-state index contributed by atoms with van der Waals surface area (Å²) in [5.41, 5.74) is 2.09. The number of anilines is 1. The summed E-state index contributed by atoms with van der Waals surface area (Å²) in [5.74, 6) is 0.305. The van der Waals surface area contributed by atoms with Gasteiger partial charge in [-0.25, -0.2) is 4.68 Å². The lowest BCUT2D eigenvalue weighted by Crippen LogP contribution is -2.14. The van der Waals surface area contributed by atoms with Crippen LogP contribution in [0.3, 0.4) is 0 Å². The number of hydrogen-bond donors (Lipinski definition) is 1. The number of methoxy groups -OCH3 is 1. The van der Waals surface area contributed by atoms with E-state index in [1.54, 1.807) is 36.9 Å². The molecule has 0 spiro atoms. The molecule has 0 unspecified atom stereocenters. The van der Waals surface area contributed by atoms with E-state index in [-0.39, 0.29) is 11.6 Å². The van der Waals surface area contributed by atoms with Gasteiger partial charge in [0.2, 0.25) is 0 Å². The lowest BCUT2D eigenvalue weighted by Gasteiger charge is -2.07. The van der Waals surface area contributed by atoms with E-state index in [2.05, 4.69) is 15.6 Å². The summed E-state index contributed by atoms with van der Waals surface area (Å²) in [7, 11) is 1.59. The zero-order valence-corrected chi connectivity index (χ0v) is 15.0. The van der Waals surface area contributed by atoms with E-state index in [0.29, 0.717) is 27.2 Å². The molecule has 0 fully saturated rings. The van der Waals surface area contributed by atoms with Crippen LogP contribution >= 0.6 is 23.2 Å². The van der Waals surface area contributed by atoms with E-state index in [1.807, 2.05) is 24.3 Å². The van der Waals surface area contributed by atoms with Crippen LogP contribution in [0.4, 0.5) is 5.69 Å². The molecule has 128 valence electrons. The number of carbonyl (C=O) groups excluding carboxylic acids is 1. The van der Waals surface area contributed by atoms with E-state index < -0.39 is 0 Å². The van der Waals surface area contributed by atoms with E-state index in [9.17, 15) is 4.79 Å². The van der Waals surface area contributed by atoms with Crippen molar-refractivity contribution in [2.45, 2.75) is 6.92 Å². The molecule has 25 heavy (non-hydrogen) atoms. The molecule has 0 saturated heterocycles. The van der Waals surface area contributed by atoms with E-state index in [1.165, 1.54) is 0 Å². The van der Waals surface area contributed by atoms with Crippen molar-refractivity contribution in [2.24, 2.45) is 0 Å². The van der Waals surface area contributed by atoms with Crippen LogP contribution in [0.25, 0.3) is 5.69 Å². The molecule has 1 N–H and O–H groups in total. The number of aromatic nitrogens is 3. The second-order valence-electron chi connectivity index (χ2n) is 5.22. The molecule has 0 aliphatic rings. The minimum Gasteiger partial charge on any atom is -0.497 e. The Labute approximate surface area is 154 Å². The van der Waals surface area contributed by atoms with Gasteiger partial charge >= 0.3 is 0 Å². The van der Waals surface area contributed by atoms with Crippen molar-refractivity contribution in [1.82, 2.24) is 15.0 Å². The number of nitrogens with zero attached hydrogens (tertiary/aromatic N) is 3. The number of amides is 1. The third-order valence-electron chi connectivity index (χ3n) is 3.59. The third-order valence-corrected chi connectivity index (χ3v) is 4.32. The molecule has 0 saturated carbocycles. The summed E-state index contributed by atoms with van der Waals surface area (Å²) >= 11 is 11.8. The molecule has 3 aromatic rings. The highest BCUT2D eigenvalue weighted by molar-refractivity contribution is 6.42. The van der Waals surface area contributed by atoms with E-state index in [0.717, 1.165) is 5.69 Å². The minimum atomic E-state index is -0.384. The maximum absolute atomic E-state index is 12.5. The zero-order valence-electron chi connectivity index (χ0n) is 13.5. The quantitative estimate of drug-likeness (QED) is 0.742. The molecule has 1 amide bonds. The van der Waals surface area contributed by atoms with Crippen molar-refractivity contribution in [3.63, 3.8) is 0 Å². The van der Waals surface area contributed by atoms with Crippen LogP contribution in [0, 0.1) is 6.92 Å². The highest BCUT2D eigenvalue weighted by Gasteiger charge is 2.18. The summed E-state index contributed by atoms with van der Waals surface area (Å²) in [4.78, 5) is 12.5. The fourth-order valence-corrected chi connectivity index (χ4v) is 2.59. The zero-order chi connectivity index (χ0) is 18.0. The van der Waals surface area contributed by atoms with Gasteiger partial charge in [-0.2, -0.15) is 0 Å². The third kappa shape index (κ3) is 3.60. The van der Waals surface area contributed by atoms with E-state index >= 15 is 0 Å². The van der Waals surface area contributed by atoms with Crippen LogP contribution in [0.2, 0.25) is 10.0 Å². The average Bonchev–Trinajstić information content (AvgIpc) is 3.00. The number of hydrogen-bond acceptors (Lipinski definition) is 4. The fraction of sp³-hybridized carbons (Fsp3) is 0.118. The monoisotopic (exact) mass is 376 g/mol. The molecule has 0 atom stereocenters. The lowest BCUT2D eigenvalue weighted by atomic mass is 10.2. The summed E-state index contributed by atoms with van der Waals surface area (Å²) in [6, 6.07) is 12.2. The molecule has 3 rings (SSSR count). The standard InChI is InChI=1S/C17H14Cl2N4O2/c1-10-16(17(24)20-11-6-7-14(18)15(19)8-11)21-22-23(10)12-4-3-5-13(9-12)25-2/h3-9H,1-2H3,(H,20,24). The Morgan fingerprint density at radius 2 is 1.96 bits per heavy atom. The maximum Gasteiger partial charge on any atom is 0.278 e. The topological polar surface area (TPSA) is 69.0 Å². The van der Waals surface area contributed by atoms with Gasteiger partial charge < -0.3 is 10.1 Å². The van der Waals surface area contributed by atoms with Gasteiger partial charge in [0.1, 0.15) is 5.75 Å². The van der Waals surface area contributed by atoms with Gasteiger partial charge in [-0.05, 0) is 37.3 Å². The molecule has 2 aromatic carbocycles. The molecular formula is C17H14Cl2N4O2. The van der Waals surface area contributed by atoms with Gasteiger partial charge in [0.15, 0.2) is 5.69 Å². The van der Waals surface area contributed by atoms with Crippen LogP contribution in [-0.4, -0.2) is 28.0 Å². The highest BCUT2D eigenvalue weighted by atomic mass is 35.5. The summed E-state index contributed by atoms with van der Waals surface area (Å²) in [6.45, 7) is 1.77. The molecule has 0 aliphatic heterocycles. The second kappa shape index (κ2) is 7.13. The van der Waals surface area contributed by atoms with Crippen molar-refractivity contribution in [3.05, 3.63) is 63.9 Å². The summed E-state index contributed by atoms with van der Waals surface area (Å²) in [5, 5.41) is 11.5. The Hall–Kier alpha value is -2.57. The number of carbonyl (C=O) groups is 1. The molecule has 1 aromatic heterocycles. The first-order valence-corrected chi connectivity index (χ1v) is 8.08. The van der Waals surface area contributed by atoms with Gasteiger partial charge in [0.05, 0.1) is 28.5 Å². The number of halogens is 2. The van der Waals surface area contributed by atoms with Crippen molar-refractivity contribution >= 4 is 34.8 Å². The summed E-state index contributed by atoms with van der Waals surface area (Å²) < 4.78 is 6.78. The normalized spacial score (nSPS) is 10.6. The van der Waals surface area contributed by atoms with Crippen molar-refractivity contribution in [2.75, 3.05) is 12.4 Å². The first-order valence-electron chi connectivity index (χ1n) is 7.32. The van der Waals surface area contributed by atoms with E-state index in [4.69, 9.17) is 27.9 Å². The minimum absolute atomic E-state index is 0.217. The fourth-order valence-electron chi connectivity index (χ4n) is 2.29. The molecule has 0 bridgehead atoms. The first-order chi connectivity index (χ1) is 12.0. The van der Waals surface area contributed by atoms with Gasteiger partial charge in [0, 0.05) is 11.8 Å². The molecule has 8 heteroatoms. The molecule has 6 nitrogen and oxygen atoms in total. The van der Waals surface area contributed by atoms with Gasteiger partial charge in [-0.1, -0.05) is 34.5 Å². The second-order valence-corrected chi connectivity index (χ2v) is 6.03. The number of ether oxygens (including phenoxy) is 1. The number of benzene rings is 2. The van der Waals surface area contributed by atoms with Gasteiger partial charge in [-0.3, -0.25) is 4.79 Å². The van der Waals surface area contributed by atoms with Crippen molar-refractivity contribution in [3.8, 4) is 11.4 Å². The Morgan fingerprint density at radius 3 is 2.68 bits per heavy atom. The van der Waals surface area contributed by atoms with Crippen LogP contribution in [-0.2, 0) is 0 Å². The SMILES string of the molecule is COc1cccc(-n2nnc(C(=O)Nc3ccc(Cl)c(Cl)c3)c2C)c1. The molecule has 1 heterocycles.